The molecule has 1 aromatic carbocycles. The molecule has 1 amide bonds. The molecular weight excluding hydrogens is 510 g/mol. The number of fused-ring (bicyclic) bond motifs is 2. The maximum atomic E-state index is 12.9. The van der Waals surface area contributed by atoms with Crippen LogP contribution in [0.25, 0.3) is 33.1 Å². The minimum Gasteiger partial charge on any atom is -0.384 e. The van der Waals surface area contributed by atoms with E-state index in [0.717, 1.165) is 71.2 Å². The molecule has 216 valence electrons. The van der Waals surface area contributed by atoms with E-state index in [1.165, 1.54) is 64.7 Å². The average Bonchev–Trinajstić information content (AvgIpc) is 3.46. The molecule has 0 saturated carbocycles. The van der Waals surface area contributed by atoms with Crippen LogP contribution >= 0.6 is 0 Å². The normalized spacial score (nSPS) is 16.8. The molecule has 8 heteroatoms. The van der Waals surface area contributed by atoms with E-state index in [4.69, 9.17) is 4.98 Å². The van der Waals surface area contributed by atoms with E-state index in [9.17, 15) is 4.79 Å². The molecular formula is C33H43N7O. The van der Waals surface area contributed by atoms with Crippen LogP contribution in [-0.2, 0) is 0 Å². The fourth-order valence-electron chi connectivity index (χ4n) is 6.26. The van der Waals surface area contributed by atoms with Crippen LogP contribution in [0.1, 0.15) is 61.9 Å². The number of hydrogen-bond donors (Lipinski definition) is 3. The summed E-state index contributed by atoms with van der Waals surface area (Å²) in [4.78, 5) is 30.6. The van der Waals surface area contributed by atoms with E-state index >= 15 is 0 Å². The number of amides is 1. The Bertz CT molecular complexity index is 1450. The second-order valence-electron chi connectivity index (χ2n) is 11.6. The topological polar surface area (TPSA) is 89.2 Å². The second kappa shape index (κ2) is 13.4. The molecule has 4 aromatic rings. The van der Waals surface area contributed by atoms with Gasteiger partial charge in [0, 0.05) is 53.0 Å². The largest absolute Gasteiger partial charge is 0.384 e. The smallest absolute Gasteiger partial charge is 0.267 e. The lowest BCUT2D eigenvalue weighted by molar-refractivity contribution is 0.0947. The number of carbonyl (C=O) groups is 1. The highest BCUT2D eigenvalue weighted by Gasteiger charge is 2.14. The average molecular weight is 554 g/mol. The van der Waals surface area contributed by atoms with Crippen LogP contribution in [0.15, 0.2) is 48.8 Å². The third kappa shape index (κ3) is 7.05. The quantitative estimate of drug-likeness (QED) is 0.207. The highest BCUT2D eigenvalue weighted by molar-refractivity contribution is 5.99. The molecule has 2 aliphatic heterocycles. The Balaban J connectivity index is 1.11. The molecule has 2 fully saturated rings. The Hall–Kier alpha value is -3.49. The first-order chi connectivity index (χ1) is 20.2. The summed E-state index contributed by atoms with van der Waals surface area (Å²) < 4.78 is 0. The van der Waals surface area contributed by atoms with E-state index in [-0.39, 0.29) is 5.91 Å². The Kier molecular flexibility index (Phi) is 9.08. The van der Waals surface area contributed by atoms with Crippen LogP contribution in [0, 0.1) is 0 Å². The van der Waals surface area contributed by atoms with Crippen LogP contribution < -0.4 is 10.6 Å². The van der Waals surface area contributed by atoms with Crippen molar-refractivity contribution >= 4 is 33.4 Å². The number of H-pyrrole nitrogens is 1. The van der Waals surface area contributed by atoms with Crippen molar-refractivity contribution in [3.63, 3.8) is 0 Å². The first kappa shape index (κ1) is 27.7. The van der Waals surface area contributed by atoms with Crippen molar-refractivity contribution in [2.75, 3.05) is 57.7 Å². The molecule has 41 heavy (non-hydrogen) atoms. The minimum absolute atomic E-state index is 0.0474. The van der Waals surface area contributed by atoms with Crippen molar-refractivity contribution in [3.05, 3.63) is 54.5 Å². The van der Waals surface area contributed by atoms with Crippen molar-refractivity contribution in [2.24, 2.45) is 0 Å². The van der Waals surface area contributed by atoms with Gasteiger partial charge in [0.25, 0.3) is 5.91 Å². The van der Waals surface area contributed by atoms with Gasteiger partial charge in [0.05, 0.1) is 11.2 Å². The van der Waals surface area contributed by atoms with Crippen molar-refractivity contribution in [1.29, 1.82) is 0 Å². The molecule has 0 bridgehead atoms. The number of anilines is 1. The second-order valence-corrected chi connectivity index (χ2v) is 11.6. The highest BCUT2D eigenvalue weighted by Crippen LogP contribution is 2.30. The summed E-state index contributed by atoms with van der Waals surface area (Å²) in [7, 11) is 0. The number of carbonyl (C=O) groups excluding carboxylic acids is 1. The molecule has 5 heterocycles. The van der Waals surface area contributed by atoms with Crippen LogP contribution in [0.4, 0.5) is 5.69 Å². The van der Waals surface area contributed by atoms with Crippen molar-refractivity contribution in [1.82, 2.24) is 30.1 Å². The molecule has 0 aliphatic carbocycles. The molecule has 2 saturated heterocycles. The van der Waals surface area contributed by atoms with Crippen molar-refractivity contribution in [2.45, 2.75) is 51.4 Å². The number of rotatable bonds is 11. The number of benzene rings is 1. The van der Waals surface area contributed by atoms with Gasteiger partial charge in [-0.1, -0.05) is 25.0 Å². The Morgan fingerprint density at radius 2 is 1.59 bits per heavy atom. The summed E-state index contributed by atoms with van der Waals surface area (Å²) in [6.45, 7) is 8.65. The Morgan fingerprint density at radius 3 is 2.34 bits per heavy atom. The number of nitrogens with zero attached hydrogens (tertiary/aromatic N) is 4. The number of pyridine rings is 2. The minimum atomic E-state index is -0.0474. The zero-order valence-electron chi connectivity index (χ0n) is 24.1. The number of likely N-dealkylation sites (tertiary alicyclic amines) is 2. The summed E-state index contributed by atoms with van der Waals surface area (Å²) in [6, 6.07) is 12.3. The lowest BCUT2D eigenvalue weighted by atomic mass is 10.1. The van der Waals surface area contributed by atoms with Crippen molar-refractivity contribution in [3.8, 4) is 11.3 Å². The number of piperidine rings is 2. The molecule has 0 spiro atoms. The van der Waals surface area contributed by atoms with Gasteiger partial charge in [0.1, 0.15) is 5.69 Å². The first-order valence-corrected chi connectivity index (χ1v) is 15.6. The van der Waals surface area contributed by atoms with Crippen molar-refractivity contribution < 1.29 is 4.79 Å². The van der Waals surface area contributed by atoms with E-state index in [1.54, 1.807) is 6.20 Å². The van der Waals surface area contributed by atoms with Crippen LogP contribution in [-0.4, -0.2) is 83.0 Å². The molecule has 0 unspecified atom stereocenters. The van der Waals surface area contributed by atoms with Gasteiger partial charge in [0.15, 0.2) is 0 Å². The molecule has 0 radical (unpaired) electrons. The highest BCUT2D eigenvalue weighted by atomic mass is 16.1. The van der Waals surface area contributed by atoms with Gasteiger partial charge in [-0.05, 0) is 102 Å². The van der Waals surface area contributed by atoms with Gasteiger partial charge in [-0.3, -0.25) is 9.78 Å². The predicted molar refractivity (Wildman–Crippen MR) is 167 cm³/mol. The number of nitrogens with one attached hydrogen (secondary N) is 3. The van der Waals surface area contributed by atoms with Gasteiger partial charge in [0.2, 0.25) is 0 Å². The van der Waals surface area contributed by atoms with Gasteiger partial charge >= 0.3 is 0 Å². The fourth-order valence-corrected chi connectivity index (χ4v) is 6.26. The molecule has 3 N–H and O–H groups in total. The molecule has 6 rings (SSSR count). The van der Waals surface area contributed by atoms with E-state index in [1.807, 2.05) is 18.3 Å². The van der Waals surface area contributed by atoms with Crippen LogP contribution in [0.2, 0.25) is 0 Å². The predicted octanol–water partition coefficient (Wildman–Crippen LogP) is 5.67. The summed E-state index contributed by atoms with van der Waals surface area (Å²) in [6.07, 6.45) is 13.7. The summed E-state index contributed by atoms with van der Waals surface area (Å²) >= 11 is 0. The zero-order valence-corrected chi connectivity index (χ0v) is 24.1. The van der Waals surface area contributed by atoms with Crippen LogP contribution in [0.3, 0.4) is 0 Å². The summed E-state index contributed by atoms with van der Waals surface area (Å²) in [5.41, 5.74) is 5.45. The number of aromatic amines is 1. The lowest BCUT2D eigenvalue weighted by Crippen LogP contribution is -2.33. The third-order valence-corrected chi connectivity index (χ3v) is 8.57. The standard InChI is InChI=1S/C33H43N7O/c41-33(36-13-8-20-40-17-5-2-6-18-40)32-22-26-10-9-25(21-29(26)38-32)30-23-31(27-24-34-14-11-28(27)37-30)35-12-7-19-39-15-3-1-4-16-39/h9-11,14,21-24,38H,1-8,12-13,15-20H2,(H,35,37)(H,36,41). The summed E-state index contributed by atoms with van der Waals surface area (Å²) in [5, 5.41) is 8.82. The van der Waals surface area contributed by atoms with Gasteiger partial charge in [-0.2, -0.15) is 0 Å². The molecule has 8 nitrogen and oxygen atoms in total. The third-order valence-electron chi connectivity index (χ3n) is 8.57. The molecule has 0 atom stereocenters. The Morgan fingerprint density at radius 1 is 0.854 bits per heavy atom. The number of aromatic nitrogens is 3. The lowest BCUT2D eigenvalue weighted by Gasteiger charge is -2.26. The molecule has 3 aromatic heterocycles. The Labute approximate surface area is 242 Å². The SMILES string of the molecule is O=C(NCCCN1CCCCC1)c1cc2ccc(-c3cc(NCCCN4CCCCC4)c4cnccc4n3)cc2[nH]1. The monoisotopic (exact) mass is 553 g/mol. The van der Waals surface area contributed by atoms with Gasteiger partial charge < -0.3 is 25.4 Å². The van der Waals surface area contributed by atoms with E-state index < -0.39 is 0 Å². The van der Waals surface area contributed by atoms with E-state index in [2.05, 4.69) is 54.7 Å². The zero-order chi connectivity index (χ0) is 27.9. The first-order valence-electron chi connectivity index (χ1n) is 15.6. The maximum Gasteiger partial charge on any atom is 0.267 e. The van der Waals surface area contributed by atoms with Gasteiger partial charge in [-0.15, -0.1) is 0 Å². The summed E-state index contributed by atoms with van der Waals surface area (Å²) in [5.74, 6) is -0.0474. The van der Waals surface area contributed by atoms with Crippen LogP contribution in [0.5, 0.6) is 0 Å². The number of hydrogen-bond acceptors (Lipinski definition) is 6. The van der Waals surface area contributed by atoms with E-state index in [0.29, 0.717) is 12.2 Å². The molecule has 2 aliphatic rings. The maximum absolute atomic E-state index is 12.9. The fraction of sp³-hybridized carbons (Fsp3) is 0.485. The van der Waals surface area contributed by atoms with Gasteiger partial charge in [-0.25, -0.2) is 4.98 Å².